The molecular weight excluding hydrogens is 430 g/mol. The maximum absolute atomic E-state index is 14.0. The van der Waals surface area contributed by atoms with Crippen LogP contribution in [0.5, 0.6) is 5.88 Å². The van der Waals surface area contributed by atoms with E-state index in [0.717, 1.165) is 24.8 Å². The number of rotatable bonds is 4. The van der Waals surface area contributed by atoms with Gasteiger partial charge in [-0.15, -0.1) is 0 Å². The number of aromatic nitrogens is 4. The first-order valence-corrected chi connectivity index (χ1v) is 10.00. The van der Waals surface area contributed by atoms with Crippen molar-refractivity contribution >= 4 is 5.91 Å². The number of hydrogen-bond donors (Lipinski definition) is 0. The Hall–Kier alpha value is -3.50. The van der Waals surface area contributed by atoms with Gasteiger partial charge in [-0.3, -0.25) is 4.79 Å². The number of hydrogen-bond acceptors (Lipinski definition) is 5. The molecule has 2 aliphatic rings. The van der Waals surface area contributed by atoms with Crippen molar-refractivity contribution in [3.05, 3.63) is 65.9 Å². The maximum atomic E-state index is 14.0. The fourth-order valence-electron chi connectivity index (χ4n) is 4.48. The summed E-state index contributed by atoms with van der Waals surface area (Å²) in [4.78, 5) is 20.1. The lowest BCUT2D eigenvalue weighted by molar-refractivity contribution is -0.137. The van der Waals surface area contributed by atoms with Crippen LogP contribution in [0.4, 0.5) is 17.6 Å². The second-order valence-electron chi connectivity index (χ2n) is 7.77. The van der Waals surface area contributed by atoms with Gasteiger partial charge in [0.1, 0.15) is 11.9 Å². The summed E-state index contributed by atoms with van der Waals surface area (Å²) >= 11 is 0. The van der Waals surface area contributed by atoms with Crippen LogP contribution in [0.3, 0.4) is 0 Å². The second-order valence-corrected chi connectivity index (χ2v) is 7.77. The molecule has 2 aromatic heterocycles. The van der Waals surface area contributed by atoms with Crippen molar-refractivity contribution in [2.75, 3.05) is 0 Å². The molecule has 0 unspecified atom stereocenters. The number of amides is 1. The highest BCUT2D eigenvalue weighted by molar-refractivity contribution is 5.98. The standard InChI is InChI=1S/C21H17F4N5O2/c22-13-2-4-16(30-27-7-8-28-30)15(9-13)20(31)29-14-3-5-17(29)18(10-14)32-19-6-1-12(11-26-19)21(23,24)25/h1-2,4,6-9,11,14,17-18H,3,5,10H2/t14-,17+,18-/m1/s1. The monoisotopic (exact) mass is 447 g/mol. The summed E-state index contributed by atoms with van der Waals surface area (Å²) in [6.07, 6.45) is 0.699. The molecule has 0 N–H and O–H groups in total. The molecule has 2 fully saturated rings. The molecule has 7 nitrogen and oxygen atoms in total. The van der Waals surface area contributed by atoms with Gasteiger partial charge in [-0.25, -0.2) is 9.37 Å². The predicted octanol–water partition coefficient (Wildman–Crippen LogP) is 3.64. The minimum Gasteiger partial charge on any atom is -0.472 e. The van der Waals surface area contributed by atoms with E-state index < -0.39 is 23.7 Å². The molecule has 0 saturated carbocycles. The molecule has 0 aliphatic carbocycles. The number of carbonyl (C=O) groups excluding carboxylic acids is 1. The first-order valence-electron chi connectivity index (χ1n) is 10.00. The molecule has 2 aliphatic heterocycles. The minimum atomic E-state index is -4.48. The van der Waals surface area contributed by atoms with Crippen molar-refractivity contribution in [2.24, 2.45) is 0 Å². The number of pyridine rings is 1. The Morgan fingerprint density at radius 3 is 2.56 bits per heavy atom. The number of nitrogens with zero attached hydrogens (tertiary/aromatic N) is 5. The van der Waals surface area contributed by atoms with Gasteiger partial charge in [-0.1, -0.05) is 0 Å². The number of ether oxygens (including phenoxy) is 1. The van der Waals surface area contributed by atoms with Crippen molar-refractivity contribution in [3.63, 3.8) is 0 Å². The lowest BCUT2D eigenvalue weighted by Crippen LogP contribution is -2.39. The van der Waals surface area contributed by atoms with Crippen LogP contribution >= 0.6 is 0 Å². The summed E-state index contributed by atoms with van der Waals surface area (Å²) in [5.74, 6) is -0.858. The van der Waals surface area contributed by atoms with Crippen LogP contribution < -0.4 is 4.74 Å². The lowest BCUT2D eigenvalue weighted by atomic mass is 9.98. The fourth-order valence-corrected chi connectivity index (χ4v) is 4.48. The Kier molecular flexibility index (Phi) is 4.83. The number of halogens is 4. The fraction of sp³-hybridized carbons (Fsp3) is 0.333. The molecule has 1 amide bonds. The number of benzene rings is 1. The van der Waals surface area contributed by atoms with E-state index in [4.69, 9.17) is 4.74 Å². The topological polar surface area (TPSA) is 73.1 Å². The van der Waals surface area contributed by atoms with Crippen molar-refractivity contribution in [2.45, 2.75) is 43.6 Å². The Morgan fingerprint density at radius 1 is 1.09 bits per heavy atom. The van der Waals surface area contributed by atoms with Gasteiger partial charge in [-0.05, 0) is 37.1 Å². The highest BCUT2D eigenvalue weighted by atomic mass is 19.4. The summed E-state index contributed by atoms with van der Waals surface area (Å²) in [6.45, 7) is 0. The Labute approximate surface area is 179 Å². The van der Waals surface area contributed by atoms with Gasteiger partial charge < -0.3 is 9.64 Å². The first-order chi connectivity index (χ1) is 15.3. The molecule has 2 bridgehead atoms. The Bertz CT molecular complexity index is 1130. The van der Waals surface area contributed by atoms with E-state index in [-0.39, 0.29) is 29.4 Å². The van der Waals surface area contributed by atoms with Crippen LogP contribution in [0.1, 0.15) is 35.2 Å². The molecule has 166 valence electrons. The summed E-state index contributed by atoms with van der Waals surface area (Å²) in [7, 11) is 0. The summed E-state index contributed by atoms with van der Waals surface area (Å²) in [6, 6.07) is 5.51. The molecular formula is C21H17F4N5O2. The van der Waals surface area contributed by atoms with E-state index in [1.54, 1.807) is 4.90 Å². The van der Waals surface area contributed by atoms with Gasteiger partial charge in [-0.2, -0.15) is 28.2 Å². The van der Waals surface area contributed by atoms with Gasteiger partial charge >= 0.3 is 6.18 Å². The quantitative estimate of drug-likeness (QED) is 0.571. The van der Waals surface area contributed by atoms with Crippen LogP contribution in [0.25, 0.3) is 5.69 Å². The van der Waals surface area contributed by atoms with Crippen LogP contribution in [-0.2, 0) is 6.18 Å². The van der Waals surface area contributed by atoms with Crippen LogP contribution in [-0.4, -0.2) is 49.0 Å². The Morgan fingerprint density at radius 2 is 1.88 bits per heavy atom. The van der Waals surface area contributed by atoms with Crippen molar-refractivity contribution in [1.82, 2.24) is 24.9 Å². The van der Waals surface area contributed by atoms with Gasteiger partial charge in [0.2, 0.25) is 5.88 Å². The molecule has 4 heterocycles. The summed E-state index contributed by atoms with van der Waals surface area (Å²) in [5, 5.41) is 8.07. The van der Waals surface area contributed by atoms with Crippen molar-refractivity contribution in [3.8, 4) is 11.6 Å². The zero-order valence-electron chi connectivity index (χ0n) is 16.5. The van der Waals surface area contributed by atoms with E-state index in [1.165, 1.54) is 35.4 Å². The molecule has 0 radical (unpaired) electrons. The lowest BCUT2D eigenvalue weighted by Gasteiger charge is -2.25. The summed E-state index contributed by atoms with van der Waals surface area (Å²) < 4.78 is 58.1. The van der Waals surface area contributed by atoms with E-state index in [9.17, 15) is 22.4 Å². The normalized spacial score (nSPS) is 22.4. The van der Waals surface area contributed by atoms with Gasteiger partial charge in [0.15, 0.2) is 0 Å². The largest absolute Gasteiger partial charge is 0.472 e. The molecule has 2 saturated heterocycles. The molecule has 1 aromatic carbocycles. The van der Waals surface area contributed by atoms with Gasteiger partial charge in [0, 0.05) is 24.7 Å². The highest BCUT2D eigenvalue weighted by Crippen LogP contribution is 2.41. The van der Waals surface area contributed by atoms with Crippen LogP contribution in [0, 0.1) is 5.82 Å². The predicted molar refractivity (Wildman–Crippen MR) is 103 cm³/mol. The number of alkyl halides is 3. The van der Waals surface area contributed by atoms with Gasteiger partial charge in [0.05, 0.1) is 35.2 Å². The van der Waals surface area contributed by atoms with E-state index >= 15 is 0 Å². The van der Waals surface area contributed by atoms with E-state index in [0.29, 0.717) is 18.5 Å². The molecule has 5 rings (SSSR count). The minimum absolute atomic E-state index is 0.0649. The zero-order valence-corrected chi connectivity index (χ0v) is 16.5. The smallest absolute Gasteiger partial charge is 0.417 e. The third-order valence-corrected chi connectivity index (χ3v) is 5.87. The second kappa shape index (κ2) is 7.57. The highest BCUT2D eigenvalue weighted by Gasteiger charge is 2.50. The van der Waals surface area contributed by atoms with Gasteiger partial charge in [0.25, 0.3) is 5.91 Å². The Balaban J connectivity index is 1.38. The first kappa shape index (κ1) is 20.4. The van der Waals surface area contributed by atoms with Crippen molar-refractivity contribution < 1.29 is 27.1 Å². The average Bonchev–Trinajstić information content (AvgIpc) is 3.49. The third-order valence-electron chi connectivity index (χ3n) is 5.87. The van der Waals surface area contributed by atoms with Crippen LogP contribution in [0.2, 0.25) is 0 Å². The molecule has 0 spiro atoms. The van der Waals surface area contributed by atoms with Crippen LogP contribution in [0.15, 0.2) is 48.9 Å². The van der Waals surface area contributed by atoms with E-state index in [1.807, 2.05) is 0 Å². The third kappa shape index (κ3) is 3.57. The number of carbonyl (C=O) groups is 1. The van der Waals surface area contributed by atoms with Crippen molar-refractivity contribution in [1.29, 1.82) is 0 Å². The number of fused-ring (bicyclic) bond motifs is 2. The molecule has 11 heteroatoms. The zero-order chi connectivity index (χ0) is 22.5. The SMILES string of the molecule is O=C(c1cc(F)ccc1-n1nccn1)N1[C@@H]2CC[C@H]1[C@H](Oc1ccc(C(F)(F)F)cn1)C2. The van der Waals surface area contributed by atoms with E-state index in [2.05, 4.69) is 15.2 Å². The maximum Gasteiger partial charge on any atom is 0.417 e. The molecule has 3 aromatic rings. The molecule has 32 heavy (non-hydrogen) atoms. The summed E-state index contributed by atoms with van der Waals surface area (Å²) in [5.41, 5.74) is -0.374. The molecule has 3 atom stereocenters. The average molecular weight is 447 g/mol.